The van der Waals surface area contributed by atoms with Crippen molar-refractivity contribution >= 4 is 11.7 Å². The van der Waals surface area contributed by atoms with E-state index in [2.05, 4.69) is 12.1 Å². The first-order valence-corrected chi connectivity index (χ1v) is 5.43. The minimum atomic E-state index is -0.986. The molecular formula is C11H19NO3. The second-order valence-corrected chi connectivity index (χ2v) is 4.47. The molecule has 0 heterocycles. The van der Waals surface area contributed by atoms with Crippen LogP contribution in [-0.4, -0.2) is 23.4 Å². The Labute approximate surface area is 90.3 Å². The van der Waals surface area contributed by atoms with Gasteiger partial charge in [-0.05, 0) is 19.8 Å². The zero-order chi connectivity index (χ0) is 11.3. The van der Waals surface area contributed by atoms with E-state index in [1.54, 1.807) is 0 Å². The SMILES string of the molecule is C/C(=N\OCC(=O)O)C1(C)CCCCC1. The summed E-state index contributed by atoms with van der Waals surface area (Å²) in [4.78, 5) is 15.0. The van der Waals surface area contributed by atoms with E-state index in [4.69, 9.17) is 9.94 Å². The van der Waals surface area contributed by atoms with Crippen LogP contribution in [0.2, 0.25) is 0 Å². The minimum absolute atomic E-state index is 0.108. The van der Waals surface area contributed by atoms with Gasteiger partial charge in [0.15, 0.2) is 0 Å². The number of aliphatic carboxylic acids is 1. The number of nitrogens with zero attached hydrogens (tertiary/aromatic N) is 1. The molecule has 1 fully saturated rings. The lowest BCUT2D eigenvalue weighted by Crippen LogP contribution is -2.28. The second kappa shape index (κ2) is 5.14. The number of carboxylic acid groups (broad SMARTS) is 1. The van der Waals surface area contributed by atoms with Gasteiger partial charge in [-0.1, -0.05) is 31.3 Å². The van der Waals surface area contributed by atoms with Gasteiger partial charge in [-0.2, -0.15) is 0 Å². The van der Waals surface area contributed by atoms with Crippen molar-refractivity contribution in [3.63, 3.8) is 0 Å². The zero-order valence-electron chi connectivity index (χ0n) is 9.45. The molecule has 1 aliphatic rings. The first kappa shape index (κ1) is 12.0. The van der Waals surface area contributed by atoms with E-state index in [0.717, 1.165) is 18.6 Å². The summed E-state index contributed by atoms with van der Waals surface area (Å²) in [7, 11) is 0. The first-order chi connectivity index (χ1) is 7.04. The van der Waals surface area contributed by atoms with Crippen molar-refractivity contribution in [3.8, 4) is 0 Å². The molecule has 0 aromatic carbocycles. The van der Waals surface area contributed by atoms with Gasteiger partial charge < -0.3 is 9.94 Å². The largest absolute Gasteiger partial charge is 0.479 e. The Hall–Kier alpha value is -1.06. The standard InChI is InChI=1S/C11H19NO3/c1-9(12-15-8-10(13)14)11(2)6-4-3-5-7-11/h3-8H2,1-2H3,(H,13,14)/b12-9+. The molecular weight excluding hydrogens is 194 g/mol. The third kappa shape index (κ3) is 3.53. The van der Waals surface area contributed by atoms with Gasteiger partial charge in [0.2, 0.25) is 6.61 Å². The average Bonchev–Trinajstić information content (AvgIpc) is 2.18. The first-order valence-electron chi connectivity index (χ1n) is 5.43. The fourth-order valence-corrected chi connectivity index (χ4v) is 1.99. The van der Waals surface area contributed by atoms with Gasteiger partial charge in [-0.25, -0.2) is 4.79 Å². The molecule has 4 nitrogen and oxygen atoms in total. The number of oxime groups is 1. The van der Waals surface area contributed by atoms with E-state index in [1.807, 2.05) is 6.92 Å². The molecule has 1 saturated carbocycles. The van der Waals surface area contributed by atoms with Gasteiger partial charge in [-0.15, -0.1) is 0 Å². The minimum Gasteiger partial charge on any atom is -0.479 e. The predicted molar refractivity (Wildman–Crippen MR) is 57.9 cm³/mol. The van der Waals surface area contributed by atoms with Crippen LogP contribution in [0.15, 0.2) is 5.16 Å². The molecule has 0 amide bonds. The summed E-state index contributed by atoms with van der Waals surface area (Å²) < 4.78 is 0. The van der Waals surface area contributed by atoms with E-state index in [-0.39, 0.29) is 12.0 Å². The maximum Gasteiger partial charge on any atom is 0.344 e. The monoisotopic (exact) mass is 213 g/mol. The predicted octanol–water partition coefficient (Wildman–Crippen LogP) is 2.43. The molecule has 0 aromatic heterocycles. The van der Waals surface area contributed by atoms with Crippen molar-refractivity contribution in [3.05, 3.63) is 0 Å². The smallest absolute Gasteiger partial charge is 0.344 e. The Morgan fingerprint density at radius 1 is 1.40 bits per heavy atom. The molecule has 0 radical (unpaired) electrons. The maximum absolute atomic E-state index is 10.2. The summed E-state index contributed by atoms with van der Waals surface area (Å²) in [6.45, 7) is 3.75. The fourth-order valence-electron chi connectivity index (χ4n) is 1.99. The van der Waals surface area contributed by atoms with Crippen LogP contribution >= 0.6 is 0 Å². The van der Waals surface area contributed by atoms with Crippen molar-refractivity contribution < 1.29 is 14.7 Å². The number of carbonyl (C=O) groups is 1. The van der Waals surface area contributed by atoms with Crippen molar-refractivity contribution in [1.82, 2.24) is 0 Å². The lowest BCUT2D eigenvalue weighted by Gasteiger charge is -2.32. The molecule has 1 aliphatic carbocycles. The van der Waals surface area contributed by atoms with E-state index in [0.29, 0.717) is 0 Å². The van der Waals surface area contributed by atoms with Crippen LogP contribution in [0.4, 0.5) is 0 Å². The molecule has 0 spiro atoms. The van der Waals surface area contributed by atoms with Crippen LogP contribution < -0.4 is 0 Å². The second-order valence-electron chi connectivity index (χ2n) is 4.47. The average molecular weight is 213 g/mol. The lowest BCUT2D eigenvalue weighted by molar-refractivity contribution is -0.142. The van der Waals surface area contributed by atoms with Gasteiger partial charge in [0, 0.05) is 5.41 Å². The van der Waals surface area contributed by atoms with Crippen molar-refractivity contribution in [2.75, 3.05) is 6.61 Å². The summed E-state index contributed by atoms with van der Waals surface area (Å²) in [6.07, 6.45) is 5.99. The summed E-state index contributed by atoms with van der Waals surface area (Å²) in [5.74, 6) is -0.986. The topological polar surface area (TPSA) is 58.9 Å². The van der Waals surface area contributed by atoms with E-state index >= 15 is 0 Å². The number of carboxylic acids is 1. The van der Waals surface area contributed by atoms with Crippen molar-refractivity contribution in [2.45, 2.75) is 46.0 Å². The van der Waals surface area contributed by atoms with Crippen molar-refractivity contribution in [2.24, 2.45) is 10.6 Å². The highest BCUT2D eigenvalue weighted by Crippen LogP contribution is 2.36. The normalized spacial score (nSPS) is 21.1. The van der Waals surface area contributed by atoms with Gasteiger partial charge in [-0.3, -0.25) is 0 Å². The molecule has 0 bridgehead atoms. The summed E-state index contributed by atoms with van der Waals surface area (Å²) in [5, 5.41) is 12.3. The van der Waals surface area contributed by atoms with Crippen LogP contribution in [-0.2, 0) is 9.63 Å². The summed E-state index contributed by atoms with van der Waals surface area (Å²) >= 11 is 0. The number of hydrogen-bond acceptors (Lipinski definition) is 3. The molecule has 0 atom stereocenters. The molecule has 1 N–H and O–H groups in total. The quantitative estimate of drug-likeness (QED) is 0.576. The van der Waals surface area contributed by atoms with Crippen molar-refractivity contribution in [1.29, 1.82) is 0 Å². The molecule has 1 rings (SSSR count). The molecule has 0 saturated heterocycles. The zero-order valence-corrected chi connectivity index (χ0v) is 9.45. The van der Waals surface area contributed by atoms with E-state index in [9.17, 15) is 4.79 Å². The highest BCUT2D eigenvalue weighted by atomic mass is 16.6. The van der Waals surface area contributed by atoms with Gasteiger partial charge in [0.05, 0.1) is 5.71 Å². The Balaban J connectivity index is 2.49. The van der Waals surface area contributed by atoms with Gasteiger partial charge in [0.1, 0.15) is 0 Å². The van der Waals surface area contributed by atoms with E-state index < -0.39 is 5.97 Å². The van der Waals surface area contributed by atoms with Crippen LogP contribution in [0.1, 0.15) is 46.0 Å². The Morgan fingerprint density at radius 3 is 2.53 bits per heavy atom. The lowest BCUT2D eigenvalue weighted by atomic mass is 9.73. The highest BCUT2D eigenvalue weighted by Gasteiger charge is 2.30. The third-order valence-electron chi connectivity index (χ3n) is 3.22. The van der Waals surface area contributed by atoms with Crippen LogP contribution in [0, 0.1) is 5.41 Å². The fraction of sp³-hybridized carbons (Fsp3) is 0.818. The van der Waals surface area contributed by atoms with Crippen LogP contribution in [0.5, 0.6) is 0 Å². The molecule has 15 heavy (non-hydrogen) atoms. The molecule has 86 valence electrons. The van der Waals surface area contributed by atoms with Gasteiger partial charge >= 0.3 is 5.97 Å². The Bertz CT molecular complexity index is 255. The Morgan fingerprint density at radius 2 is 2.00 bits per heavy atom. The van der Waals surface area contributed by atoms with E-state index in [1.165, 1.54) is 19.3 Å². The Kier molecular flexibility index (Phi) is 4.12. The summed E-state index contributed by atoms with van der Waals surface area (Å²) in [6, 6.07) is 0. The molecule has 0 aliphatic heterocycles. The number of rotatable bonds is 4. The summed E-state index contributed by atoms with van der Waals surface area (Å²) in [5.41, 5.74) is 1.03. The van der Waals surface area contributed by atoms with Crippen LogP contribution in [0.3, 0.4) is 0 Å². The third-order valence-corrected chi connectivity index (χ3v) is 3.22. The molecule has 0 aromatic rings. The van der Waals surface area contributed by atoms with Gasteiger partial charge in [0.25, 0.3) is 0 Å². The van der Waals surface area contributed by atoms with Crippen LogP contribution in [0.25, 0.3) is 0 Å². The number of hydrogen-bond donors (Lipinski definition) is 1. The maximum atomic E-state index is 10.2. The molecule has 4 heteroatoms. The highest BCUT2D eigenvalue weighted by molar-refractivity contribution is 5.87. The molecule has 0 unspecified atom stereocenters.